The van der Waals surface area contributed by atoms with Gasteiger partial charge in [-0.05, 0) is 18.4 Å². The van der Waals surface area contributed by atoms with E-state index in [0.717, 1.165) is 6.54 Å². The molecule has 136 valence electrons. The maximum Gasteiger partial charge on any atom is 0.324 e. The summed E-state index contributed by atoms with van der Waals surface area (Å²) in [7, 11) is 1.71. The third-order valence-electron chi connectivity index (χ3n) is 4.62. The van der Waals surface area contributed by atoms with Crippen molar-refractivity contribution in [3.05, 3.63) is 35.9 Å². The van der Waals surface area contributed by atoms with Crippen molar-refractivity contribution in [2.45, 2.75) is 18.3 Å². The van der Waals surface area contributed by atoms with Crippen molar-refractivity contribution in [1.82, 2.24) is 20.9 Å². The highest BCUT2D eigenvalue weighted by Crippen LogP contribution is 2.47. The van der Waals surface area contributed by atoms with E-state index in [-0.39, 0.29) is 47.9 Å². The first kappa shape index (κ1) is 19.5. The average Bonchev–Trinajstić information content (AvgIpc) is 3.34. The first-order valence-corrected chi connectivity index (χ1v) is 8.23. The fourth-order valence-corrected chi connectivity index (χ4v) is 2.95. The zero-order valence-corrected chi connectivity index (χ0v) is 16.6. The minimum absolute atomic E-state index is 0. The quantitative estimate of drug-likeness (QED) is 0.258. The summed E-state index contributed by atoms with van der Waals surface area (Å²) in [5.41, 5.74) is 1.55. The molecule has 1 heterocycles. The zero-order chi connectivity index (χ0) is 17.0. The SMILES string of the molecule is CN=C(NCCN1C(=O)CNC1=O)NCC1(c2ccccc2)CC1.I. The first-order valence-electron chi connectivity index (χ1n) is 8.23. The zero-order valence-electron chi connectivity index (χ0n) is 14.2. The van der Waals surface area contributed by atoms with Gasteiger partial charge in [-0.15, -0.1) is 24.0 Å². The number of halogens is 1. The van der Waals surface area contributed by atoms with Gasteiger partial charge in [-0.25, -0.2) is 4.79 Å². The molecule has 1 aliphatic carbocycles. The van der Waals surface area contributed by atoms with E-state index in [1.54, 1.807) is 7.05 Å². The van der Waals surface area contributed by atoms with Crippen LogP contribution in [0.4, 0.5) is 4.79 Å². The predicted octanol–water partition coefficient (Wildman–Crippen LogP) is 1.05. The van der Waals surface area contributed by atoms with Gasteiger partial charge in [0.25, 0.3) is 0 Å². The molecule has 0 spiro atoms. The van der Waals surface area contributed by atoms with Gasteiger partial charge in [-0.3, -0.25) is 14.7 Å². The molecule has 0 bridgehead atoms. The van der Waals surface area contributed by atoms with Gasteiger partial charge in [0.05, 0.1) is 6.54 Å². The number of urea groups is 1. The Labute approximate surface area is 164 Å². The number of guanidine groups is 1. The Morgan fingerprint density at radius 3 is 2.52 bits per heavy atom. The number of aliphatic imine (C=N–C) groups is 1. The molecule has 3 rings (SSSR count). The van der Waals surface area contributed by atoms with Gasteiger partial charge in [0.2, 0.25) is 5.91 Å². The molecule has 0 aromatic heterocycles. The van der Waals surface area contributed by atoms with Crippen LogP contribution >= 0.6 is 24.0 Å². The van der Waals surface area contributed by atoms with Gasteiger partial charge in [0.1, 0.15) is 0 Å². The van der Waals surface area contributed by atoms with E-state index in [1.165, 1.54) is 23.3 Å². The number of carbonyl (C=O) groups excluding carboxylic acids is 2. The van der Waals surface area contributed by atoms with E-state index >= 15 is 0 Å². The van der Waals surface area contributed by atoms with Crippen LogP contribution in [0.5, 0.6) is 0 Å². The van der Waals surface area contributed by atoms with E-state index in [1.807, 2.05) is 6.07 Å². The summed E-state index contributed by atoms with van der Waals surface area (Å²) in [5.74, 6) is 0.495. The van der Waals surface area contributed by atoms with Gasteiger partial charge >= 0.3 is 6.03 Å². The Morgan fingerprint density at radius 2 is 1.96 bits per heavy atom. The number of benzene rings is 1. The minimum Gasteiger partial charge on any atom is -0.356 e. The number of nitrogens with one attached hydrogen (secondary N) is 3. The highest BCUT2D eigenvalue weighted by Gasteiger charge is 2.44. The highest BCUT2D eigenvalue weighted by molar-refractivity contribution is 14.0. The molecule has 8 heteroatoms. The summed E-state index contributed by atoms with van der Waals surface area (Å²) in [6, 6.07) is 10.2. The molecule has 3 N–H and O–H groups in total. The Hall–Kier alpha value is -1.84. The van der Waals surface area contributed by atoms with Crippen LogP contribution < -0.4 is 16.0 Å². The van der Waals surface area contributed by atoms with Crippen molar-refractivity contribution in [3.8, 4) is 0 Å². The third-order valence-corrected chi connectivity index (χ3v) is 4.62. The van der Waals surface area contributed by atoms with Crippen LogP contribution in [0.1, 0.15) is 18.4 Å². The molecule has 1 aromatic carbocycles. The molecular formula is C17H24IN5O2. The first-order chi connectivity index (χ1) is 11.6. The normalized spacial score (nSPS) is 18.4. The Morgan fingerprint density at radius 1 is 1.24 bits per heavy atom. The summed E-state index contributed by atoms with van der Waals surface area (Å²) in [5, 5.41) is 9.01. The maximum atomic E-state index is 11.5. The number of imide groups is 1. The van der Waals surface area contributed by atoms with Crippen molar-refractivity contribution in [3.63, 3.8) is 0 Å². The van der Waals surface area contributed by atoms with E-state index in [0.29, 0.717) is 19.0 Å². The molecule has 0 radical (unpaired) electrons. The molecule has 1 saturated carbocycles. The van der Waals surface area contributed by atoms with Crippen molar-refractivity contribution in [2.75, 3.05) is 33.2 Å². The average molecular weight is 457 g/mol. The molecule has 7 nitrogen and oxygen atoms in total. The molecule has 1 aromatic rings. The molecule has 3 amide bonds. The topological polar surface area (TPSA) is 85.8 Å². The summed E-state index contributed by atoms with van der Waals surface area (Å²) in [6.07, 6.45) is 2.34. The van der Waals surface area contributed by atoms with Crippen LogP contribution in [0.25, 0.3) is 0 Å². The number of rotatable bonds is 6. The van der Waals surface area contributed by atoms with Crippen LogP contribution in [0.15, 0.2) is 35.3 Å². The van der Waals surface area contributed by atoms with Crippen molar-refractivity contribution in [1.29, 1.82) is 0 Å². The second-order valence-electron chi connectivity index (χ2n) is 6.20. The van der Waals surface area contributed by atoms with Crippen LogP contribution in [-0.4, -0.2) is 56.0 Å². The smallest absolute Gasteiger partial charge is 0.324 e. The fraction of sp³-hybridized carbons (Fsp3) is 0.471. The molecule has 2 aliphatic rings. The predicted molar refractivity (Wildman–Crippen MR) is 107 cm³/mol. The van der Waals surface area contributed by atoms with Crippen molar-refractivity contribution < 1.29 is 9.59 Å². The van der Waals surface area contributed by atoms with Crippen LogP contribution in [0, 0.1) is 0 Å². The van der Waals surface area contributed by atoms with Gasteiger partial charge in [-0.1, -0.05) is 30.3 Å². The number of nitrogens with zero attached hydrogens (tertiary/aromatic N) is 2. The number of hydrogen-bond donors (Lipinski definition) is 3. The van der Waals surface area contributed by atoms with E-state index < -0.39 is 0 Å². The highest BCUT2D eigenvalue weighted by atomic mass is 127. The molecule has 0 atom stereocenters. The Kier molecular flexibility index (Phi) is 6.63. The van der Waals surface area contributed by atoms with Crippen LogP contribution in [-0.2, 0) is 10.2 Å². The van der Waals surface area contributed by atoms with Crippen molar-refractivity contribution >= 4 is 41.9 Å². The third kappa shape index (κ3) is 4.62. The minimum atomic E-state index is -0.328. The Balaban J connectivity index is 0.00000225. The van der Waals surface area contributed by atoms with E-state index in [2.05, 4.69) is 45.2 Å². The lowest BCUT2D eigenvalue weighted by molar-refractivity contribution is -0.124. The largest absolute Gasteiger partial charge is 0.356 e. The lowest BCUT2D eigenvalue weighted by Gasteiger charge is -2.20. The van der Waals surface area contributed by atoms with Crippen LogP contribution in [0.3, 0.4) is 0 Å². The van der Waals surface area contributed by atoms with Crippen LogP contribution in [0.2, 0.25) is 0 Å². The monoisotopic (exact) mass is 457 g/mol. The summed E-state index contributed by atoms with van der Waals surface area (Å²) in [4.78, 5) is 28.4. The van der Waals surface area contributed by atoms with Gasteiger partial charge in [0, 0.05) is 32.1 Å². The van der Waals surface area contributed by atoms with Gasteiger partial charge in [0.15, 0.2) is 5.96 Å². The molecule has 1 saturated heterocycles. The second-order valence-corrected chi connectivity index (χ2v) is 6.20. The number of carbonyl (C=O) groups is 2. The molecule has 0 unspecified atom stereocenters. The molecule has 25 heavy (non-hydrogen) atoms. The standard InChI is InChI=1S/C17H23N5O2.HI/c1-18-15(19-9-10-22-14(23)11-20-16(22)24)21-12-17(7-8-17)13-5-3-2-4-6-13;/h2-6H,7-12H2,1H3,(H,20,24)(H2,18,19,21);1H. The summed E-state index contributed by atoms with van der Waals surface area (Å²) < 4.78 is 0. The molecule has 2 fully saturated rings. The second kappa shape index (κ2) is 8.50. The molecule has 1 aliphatic heterocycles. The lowest BCUT2D eigenvalue weighted by Crippen LogP contribution is -2.45. The number of amides is 3. The Bertz CT molecular complexity index is 630. The lowest BCUT2D eigenvalue weighted by atomic mass is 9.96. The molecular weight excluding hydrogens is 433 g/mol. The van der Waals surface area contributed by atoms with Crippen molar-refractivity contribution in [2.24, 2.45) is 4.99 Å². The summed E-state index contributed by atoms with van der Waals surface area (Å²) in [6.45, 7) is 1.71. The summed E-state index contributed by atoms with van der Waals surface area (Å²) >= 11 is 0. The fourth-order valence-electron chi connectivity index (χ4n) is 2.95. The van der Waals surface area contributed by atoms with Gasteiger partial charge < -0.3 is 16.0 Å². The number of hydrogen-bond acceptors (Lipinski definition) is 3. The van der Waals surface area contributed by atoms with E-state index in [4.69, 9.17) is 0 Å². The van der Waals surface area contributed by atoms with Gasteiger partial charge in [-0.2, -0.15) is 0 Å². The maximum absolute atomic E-state index is 11.5. The van der Waals surface area contributed by atoms with E-state index in [9.17, 15) is 9.59 Å².